The summed E-state index contributed by atoms with van der Waals surface area (Å²) < 4.78 is 2.08. The van der Waals surface area contributed by atoms with Crippen molar-refractivity contribution in [2.45, 2.75) is 20.4 Å². The molecule has 1 aliphatic heterocycles. The monoisotopic (exact) mass is 208 g/mol. The third-order valence-electron chi connectivity index (χ3n) is 2.90. The molecule has 0 spiro atoms. The fourth-order valence-electron chi connectivity index (χ4n) is 1.72. The molecule has 1 aromatic rings. The van der Waals surface area contributed by atoms with Gasteiger partial charge in [-0.15, -0.1) is 0 Å². The van der Waals surface area contributed by atoms with Gasteiger partial charge in [-0.05, 0) is 13.8 Å². The van der Waals surface area contributed by atoms with Crippen LogP contribution in [0.3, 0.4) is 0 Å². The van der Waals surface area contributed by atoms with Crippen molar-refractivity contribution in [3.05, 3.63) is 17.7 Å². The largest absolute Gasteiger partial charge is 0.336 e. The van der Waals surface area contributed by atoms with Crippen LogP contribution in [0, 0.1) is 13.8 Å². The van der Waals surface area contributed by atoms with E-state index >= 15 is 0 Å². The quantitative estimate of drug-likeness (QED) is 0.787. The van der Waals surface area contributed by atoms with Crippen LogP contribution in [0.5, 0.6) is 0 Å². The van der Waals surface area contributed by atoms with Crippen molar-refractivity contribution in [3.63, 3.8) is 0 Å². The summed E-state index contributed by atoms with van der Waals surface area (Å²) in [5, 5.41) is 2.79. The van der Waals surface area contributed by atoms with E-state index in [-0.39, 0.29) is 6.03 Å². The summed E-state index contributed by atoms with van der Waals surface area (Å²) in [7, 11) is 0. The second-order valence-electron chi connectivity index (χ2n) is 3.83. The van der Waals surface area contributed by atoms with E-state index in [2.05, 4.69) is 14.9 Å². The molecule has 0 bridgehead atoms. The van der Waals surface area contributed by atoms with E-state index in [9.17, 15) is 4.79 Å². The van der Waals surface area contributed by atoms with Crippen molar-refractivity contribution in [1.29, 1.82) is 0 Å². The number of urea groups is 1. The summed E-state index contributed by atoms with van der Waals surface area (Å²) in [6.45, 7) is 7.19. The van der Waals surface area contributed by atoms with Crippen LogP contribution in [-0.4, -0.2) is 40.1 Å². The highest BCUT2D eigenvalue weighted by Gasteiger charge is 2.18. The minimum Gasteiger partial charge on any atom is -0.336 e. The predicted molar refractivity (Wildman–Crippen MR) is 56.7 cm³/mol. The van der Waals surface area contributed by atoms with Crippen LogP contribution in [0.1, 0.15) is 11.4 Å². The standard InChI is InChI=1S/C10H16N4O/c1-8-9(2)14(7-12-8)6-5-13-4-3-11-10(13)15/h7H,3-6H2,1-2H3,(H,11,15). The Morgan fingerprint density at radius 3 is 2.80 bits per heavy atom. The van der Waals surface area contributed by atoms with E-state index < -0.39 is 0 Å². The first-order valence-electron chi connectivity index (χ1n) is 5.19. The van der Waals surface area contributed by atoms with Gasteiger partial charge in [0.1, 0.15) is 0 Å². The molecule has 5 nitrogen and oxygen atoms in total. The van der Waals surface area contributed by atoms with Crippen LogP contribution in [0.4, 0.5) is 4.79 Å². The normalized spacial score (nSPS) is 15.9. The van der Waals surface area contributed by atoms with Gasteiger partial charge in [0, 0.05) is 31.9 Å². The number of hydrogen-bond donors (Lipinski definition) is 1. The van der Waals surface area contributed by atoms with Crippen LogP contribution in [-0.2, 0) is 6.54 Å². The van der Waals surface area contributed by atoms with Gasteiger partial charge < -0.3 is 14.8 Å². The molecule has 1 N–H and O–H groups in total. The number of carbonyl (C=O) groups excluding carboxylic acids is 1. The number of rotatable bonds is 3. The Morgan fingerprint density at radius 1 is 1.47 bits per heavy atom. The SMILES string of the molecule is Cc1ncn(CCN2CCNC2=O)c1C. The minimum atomic E-state index is 0.0458. The molecule has 0 unspecified atom stereocenters. The molecule has 2 heterocycles. The zero-order valence-electron chi connectivity index (χ0n) is 9.16. The Labute approximate surface area is 89.1 Å². The van der Waals surface area contributed by atoms with Crippen LogP contribution >= 0.6 is 0 Å². The third-order valence-corrected chi connectivity index (χ3v) is 2.90. The number of nitrogens with zero attached hydrogens (tertiary/aromatic N) is 3. The first-order valence-corrected chi connectivity index (χ1v) is 5.19. The number of nitrogens with one attached hydrogen (secondary N) is 1. The highest BCUT2D eigenvalue weighted by Crippen LogP contribution is 2.05. The van der Waals surface area contributed by atoms with Gasteiger partial charge in [-0.1, -0.05) is 0 Å². The molecular weight excluding hydrogens is 192 g/mol. The topological polar surface area (TPSA) is 50.2 Å². The molecule has 1 fully saturated rings. The highest BCUT2D eigenvalue weighted by atomic mass is 16.2. The van der Waals surface area contributed by atoms with E-state index in [1.165, 1.54) is 5.69 Å². The number of aromatic nitrogens is 2. The molecule has 0 atom stereocenters. The van der Waals surface area contributed by atoms with Crippen molar-refractivity contribution < 1.29 is 4.79 Å². The van der Waals surface area contributed by atoms with E-state index in [0.29, 0.717) is 0 Å². The first kappa shape index (κ1) is 10.0. The van der Waals surface area contributed by atoms with Gasteiger partial charge in [0.05, 0.1) is 12.0 Å². The van der Waals surface area contributed by atoms with Crippen molar-refractivity contribution in [2.75, 3.05) is 19.6 Å². The molecule has 0 radical (unpaired) electrons. The fraction of sp³-hybridized carbons (Fsp3) is 0.600. The van der Waals surface area contributed by atoms with Crippen molar-refractivity contribution >= 4 is 6.03 Å². The fourth-order valence-corrected chi connectivity index (χ4v) is 1.72. The smallest absolute Gasteiger partial charge is 0.317 e. The molecule has 2 amide bonds. The Morgan fingerprint density at radius 2 is 2.27 bits per heavy atom. The maximum Gasteiger partial charge on any atom is 0.317 e. The van der Waals surface area contributed by atoms with E-state index in [0.717, 1.165) is 31.9 Å². The number of amides is 2. The van der Waals surface area contributed by atoms with Gasteiger partial charge in [-0.25, -0.2) is 9.78 Å². The van der Waals surface area contributed by atoms with Gasteiger partial charge in [0.15, 0.2) is 0 Å². The molecule has 0 saturated carbocycles. The molecule has 2 rings (SSSR count). The van der Waals surface area contributed by atoms with Crippen LogP contribution in [0.25, 0.3) is 0 Å². The molecule has 82 valence electrons. The Hall–Kier alpha value is -1.52. The van der Waals surface area contributed by atoms with Gasteiger partial charge >= 0.3 is 6.03 Å². The molecule has 0 aromatic carbocycles. The lowest BCUT2D eigenvalue weighted by Gasteiger charge is -2.14. The zero-order valence-corrected chi connectivity index (χ0v) is 9.16. The van der Waals surface area contributed by atoms with Crippen LogP contribution in [0.15, 0.2) is 6.33 Å². The summed E-state index contributed by atoms with van der Waals surface area (Å²) >= 11 is 0. The Balaban J connectivity index is 1.93. The summed E-state index contributed by atoms with van der Waals surface area (Å²) in [6, 6.07) is 0.0458. The molecule has 1 saturated heterocycles. The van der Waals surface area contributed by atoms with Crippen molar-refractivity contribution in [3.8, 4) is 0 Å². The van der Waals surface area contributed by atoms with Crippen LogP contribution in [0.2, 0.25) is 0 Å². The van der Waals surface area contributed by atoms with Gasteiger partial charge in [0.2, 0.25) is 0 Å². The number of carbonyl (C=O) groups is 1. The second-order valence-corrected chi connectivity index (χ2v) is 3.83. The van der Waals surface area contributed by atoms with Crippen LogP contribution < -0.4 is 5.32 Å². The number of imidazole rings is 1. The average Bonchev–Trinajstić information content (AvgIpc) is 2.74. The molecule has 5 heteroatoms. The summed E-state index contributed by atoms with van der Waals surface area (Å²) in [5.41, 5.74) is 2.23. The van der Waals surface area contributed by atoms with E-state index in [1.807, 2.05) is 25.1 Å². The van der Waals surface area contributed by atoms with Gasteiger partial charge in [-0.3, -0.25) is 0 Å². The lowest BCUT2D eigenvalue weighted by atomic mass is 10.4. The Bertz CT molecular complexity index is 371. The molecule has 15 heavy (non-hydrogen) atoms. The maximum atomic E-state index is 11.3. The summed E-state index contributed by atoms with van der Waals surface area (Å²) in [4.78, 5) is 17.3. The summed E-state index contributed by atoms with van der Waals surface area (Å²) in [6.07, 6.45) is 1.83. The van der Waals surface area contributed by atoms with Gasteiger partial charge in [-0.2, -0.15) is 0 Å². The molecular formula is C10H16N4O. The maximum absolute atomic E-state index is 11.3. The Kier molecular flexibility index (Phi) is 2.62. The minimum absolute atomic E-state index is 0.0458. The highest BCUT2D eigenvalue weighted by molar-refractivity contribution is 5.76. The second kappa shape index (κ2) is 3.92. The lowest BCUT2D eigenvalue weighted by Crippen LogP contribution is -2.31. The van der Waals surface area contributed by atoms with E-state index in [4.69, 9.17) is 0 Å². The molecule has 1 aliphatic rings. The first-order chi connectivity index (χ1) is 7.18. The van der Waals surface area contributed by atoms with E-state index in [1.54, 1.807) is 0 Å². The summed E-state index contributed by atoms with van der Waals surface area (Å²) in [5.74, 6) is 0. The molecule has 1 aromatic heterocycles. The predicted octanol–water partition coefficient (Wildman–Crippen LogP) is 0.525. The average molecular weight is 208 g/mol. The van der Waals surface area contributed by atoms with Gasteiger partial charge in [0.25, 0.3) is 0 Å². The zero-order chi connectivity index (χ0) is 10.8. The number of hydrogen-bond acceptors (Lipinski definition) is 2. The van der Waals surface area contributed by atoms with Crippen molar-refractivity contribution in [2.24, 2.45) is 0 Å². The number of aryl methyl sites for hydroxylation is 1. The van der Waals surface area contributed by atoms with Crippen molar-refractivity contribution in [1.82, 2.24) is 19.8 Å². The third kappa shape index (κ3) is 1.95. The lowest BCUT2D eigenvalue weighted by molar-refractivity contribution is 0.215. The molecule has 0 aliphatic carbocycles.